The van der Waals surface area contributed by atoms with Gasteiger partial charge in [0.05, 0.1) is 4.91 Å². The number of aromatic nitrogens is 1. The molecule has 5 heteroatoms. The molecule has 1 aromatic heterocycles. The van der Waals surface area contributed by atoms with Gasteiger partial charge in [0, 0.05) is 11.7 Å². The standard InChI is InChI=1S/C25H29N3OS/c1-16-13-14-20(15-17(16)2)19(4)23-24(29)28(21-10-6-5-7-11-21)25(30-23)27-22-12-8-9-18(3)26-22/h8-9,12-15,21H,5-7,10-11H2,1-4H3/b23-19-,27-25+. The first kappa shape index (κ1) is 20.9. The maximum absolute atomic E-state index is 13.6. The number of allylic oxidation sites excluding steroid dienone is 1. The maximum Gasteiger partial charge on any atom is 0.267 e. The zero-order valence-corrected chi connectivity index (χ0v) is 19.1. The maximum atomic E-state index is 13.6. The smallest absolute Gasteiger partial charge is 0.267 e. The average molecular weight is 420 g/mol. The number of hydrogen-bond donors (Lipinski definition) is 0. The Morgan fingerprint density at radius 3 is 2.53 bits per heavy atom. The first-order valence-electron chi connectivity index (χ1n) is 10.8. The molecule has 4 nitrogen and oxygen atoms in total. The quantitative estimate of drug-likeness (QED) is 0.546. The number of amidine groups is 1. The minimum atomic E-state index is 0.0917. The molecule has 30 heavy (non-hydrogen) atoms. The van der Waals surface area contributed by atoms with Crippen LogP contribution in [-0.4, -0.2) is 27.0 Å². The van der Waals surface area contributed by atoms with Gasteiger partial charge >= 0.3 is 0 Å². The van der Waals surface area contributed by atoms with E-state index in [9.17, 15) is 4.79 Å². The van der Waals surface area contributed by atoms with Crippen molar-refractivity contribution >= 4 is 34.2 Å². The number of pyridine rings is 1. The predicted octanol–water partition coefficient (Wildman–Crippen LogP) is 6.33. The first-order chi connectivity index (χ1) is 14.4. The van der Waals surface area contributed by atoms with Gasteiger partial charge in [-0.25, -0.2) is 9.98 Å². The highest BCUT2D eigenvalue weighted by Gasteiger charge is 2.39. The van der Waals surface area contributed by atoms with E-state index in [4.69, 9.17) is 4.99 Å². The summed E-state index contributed by atoms with van der Waals surface area (Å²) in [7, 11) is 0. The van der Waals surface area contributed by atoms with Crippen molar-refractivity contribution in [3.05, 3.63) is 63.7 Å². The molecule has 1 aliphatic heterocycles. The van der Waals surface area contributed by atoms with Crippen molar-refractivity contribution in [1.29, 1.82) is 0 Å². The molecule has 0 atom stereocenters. The highest BCUT2D eigenvalue weighted by atomic mass is 32.2. The minimum absolute atomic E-state index is 0.0917. The second kappa shape index (κ2) is 8.76. The Hall–Kier alpha value is -2.40. The molecule has 156 valence electrons. The summed E-state index contributed by atoms with van der Waals surface area (Å²) in [6.45, 7) is 8.24. The van der Waals surface area contributed by atoms with E-state index < -0.39 is 0 Å². The molecular formula is C25H29N3OS. The number of aryl methyl sites for hydroxylation is 3. The number of amides is 1. The lowest BCUT2D eigenvalue weighted by molar-refractivity contribution is -0.124. The van der Waals surface area contributed by atoms with E-state index >= 15 is 0 Å². The predicted molar refractivity (Wildman–Crippen MR) is 126 cm³/mol. The van der Waals surface area contributed by atoms with Crippen LogP contribution in [0.15, 0.2) is 46.3 Å². The Balaban J connectivity index is 1.76. The zero-order chi connectivity index (χ0) is 21.3. The Morgan fingerprint density at radius 1 is 1.07 bits per heavy atom. The van der Waals surface area contributed by atoms with E-state index in [2.05, 4.69) is 44.0 Å². The number of carbonyl (C=O) groups is 1. The monoisotopic (exact) mass is 419 g/mol. The fourth-order valence-electron chi connectivity index (χ4n) is 4.15. The van der Waals surface area contributed by atoms with Gasteiger partial charge in [-0.2, -0.15) is 0 Å². The third-order valence-electron chi connectivity index (χ3n) is 6.12. The first-order valence-corrected chi connectivity index (χ1v) is 11.6. The van der Waals surface area contributed by atoms with Crippen LogP contribution in [-0.2, 0) is 4.79 Å². The van der Waals surface area contributed by atoms with Crippen molar-refractivity contribution in [2.45, 2.75) is 65.8 Å². The highest BCUT2D eigenvalue weighted by Crippen LogP contribution is 2.41. The molecule has 2 aliphatic rings. The van der Waals surface area contributed by atoms with E-state index in [1.807, 2.05) is 30.0 Å². The molecule has 1 aromatic carbocycles. The third-order valence-corrected chi connectivity index (χ3v) is 7.27. The molecule has 0 spiro atoms. The normalized spacial score (nSPS) is 20.9. The summed E-state index contributed by atoms with van der Waals surface area (Å²) in [4.78, 5) is 25.7. The molecule has 2 aromatic rings. The lowest BCUT2D eigenvalue weighted by Gasteiger charge is -2.30. The second-order valence-electron chi connectivity index (χ2n) is 8.35. The van der Waals surface area contributed by atoms with Crippen LogP contribution in [0.25, 0.3) is 5.57 Å². The Bertz CT molecular complexity index is 1030. The molecule has 2 fully saturated rings. The summed E-state index contributed by atoms with van der Waals surface area (Å²) in [5.41, 5.74) is 5.56. The van der Waals surface area contributed by atoms with Crippen molar-refractivity contribution in [2.75, 3.05) is 0 Å². The summed E-state index contributed by atoms with van der Waals surface area (Å²) in [5, 5.41) is 0.767. The van der Waals surface area contributed by atoms with Crippen molar-refractivity contribution in [1.82, 2.24) is 9.88 Å². The van der Waals surface area contributed by atoms with Gasteiger partial charge in [-0.15, -0.1) is 0 Å². The zero-order valence-electron chi connectivity index (χ0n) is 18.2. The molecule has 2 heterocycles. The Morgan fingerprint density at radius 2 is 1.83 bits per heavy atom. The van der Waals surface area contributed by atoms with Gasteiger partial charge in [-0.05, 0) is 86.7 Å². The van der Waals surface area contributed by atoms with Gasteiger partial charge in [-0.3, -0.25) is 9.69 Å². The summed E-state index contributed by atoms with van der Waals surface area (Å²) in [6, 6.07) is 12.5. The van der Waals surface area contributed by atoms with E-state index in [1.54, 1.807) is 0 Å². The lowest BCUT2D eigenvalue weighted by atomic mass is 9.94. The summed E-state index contributed by atoms with van der Waals surface area (Å²) < 4.78 is 0. The molecule has 1 saturated heterocycles. The molecule has 4 rings (SSSR count). The van der Waals surface area contributed by atoms with Crippen LogP contribution in [0, 0.1) is 20.8 Å². The largest absolute Gasteiger partial charge is 0.283 e. The van der Waals surface area contributed by atoms with Crippen LogP contribution in [0.2, 0.25) is 0 Å². The van der Waals surface area contributed by atoms with Crippen molar-refractivity contribution < 1.29 is 4.79 Å². The van der Waals surface area contributed by atoms with Gasteiger partial charge < -0.3 is 0 Å². The molecule has 0 radical (unpaired) electrons. The third kappa shape index (κ3) is 4.22. The van der Waals surface area contributed by atoms with Crippen molar-refractivity contribution in [3.63, 3.8) is 0 Å². The Kier molecular flexibility index (Phi) is 6.09. The van der Waals surface area contributed by atoms with E-state index in [-0.39, 0.29) is 11.9 Å². The molecular weight excluding hydrogens is 390 g/mol. The minimum Gasteiger partial charge on any atom is -0.283 e. The number of carbonyl (C=O) groups excluding carboxylic acids is 1. The summed E-state index contributed by atoms with van der Waals surface area (Å²) in [5.74, 6) is 0.755. The number of thioether (sulfide) groups is 1. The molecule has 0 unspecified atom stereocenters. The van der Waals surface area contributed by atoms with Gasteiger partial charge in [0.1, 0.15) is 0 Å². The van der Waals surface area contributed by atoms with E-state index in [1.165, 1.54) is 42.2 Å². The van der Waals surface area contributed by atoms with Crippen LogP contribution in [0.4, 0.5) is 5.82 Å². The van der Waals surface area contributed by atoms with Gasteiger partial charge in [0.25, 0.3) is 5.91 Å². The van der Waals surface area contributed by atoms with Crippen LogP contribution in [0.3, 0.4) is 0 Å². The molecule has 1 saturated carbocycles. The fourth-order valence-corrected chi connectivity index (χ4v) is 5.26. The van der Waals surface area contributed by atoms with Crippen molar-refractivity contribution in [2.24, 2.45) is 4.99 Å². The summed E-state index contributed by atoms with van der Waals surface area (Å²) in [6.07, 6.45) is 5.68. The van der Waals surface area contributed by atoms with Crippen LogP contribution >= 0.6 is 11.8 Å². The van der Waals surface area contributed by atoms with Gasteiger partial charge in [-0.1, -0.05) is 43.5 Å². The van der Waals surface area contributed by atoms with E-state index in [0.717, 1.165) is 39.7 Å². The fraction of sp³-hybridized carbons (Fsp3) is 0.400. The molecule has 1 amide bonds. The van der Waals surface area contributed by atoms with Crippen LogP contribution < -0.4 is 0 Å². The number of aliphatic imine (C=N–C) groups is 1. The van der Waals surface area contributed by atoms with Crippen molar-refractivity contribution in [3.8, 4) is 0 Å². The second-order valence-corrected chi connectivity index (χ2v) is 9.33. The molecule has 0 N–H and O–H groups in total. The number of rotatable bonds is 3. The SMILES string of the molecule is C/C(=C1/S/C(=N/c2cccc(C)n2)N(C2CCCCC2)C1=O)c1ccc(C)c(C)c1. The Labute approximate surface area is 183 Å². The van der Waals surface area contributed by atoms with Crippen LogP contribution in [0.5, 0.6) is 0 Å². The van der Waals surface area contributed by atoms with Gasteiger partial charge in [0.2, 0.25) is 0 Å². The topological polar surface area (TPSA) is 45.6 Å². The lowest BCUT2D eigenvalue weighted by Crippen LogP contribution is -2.40. The van der Waals surface area contributed by atoms with Crippen LogP contribution in [0.1, 0.15) is 61.4 Å². The number of benzene rings is 1. The van der Waals surface area contributed by atoms with Gasteiger partial charge in [0.15, 0.2) is 11.0 Å². The molecule has 1 aliphatic carbocycles. The number of nitrogens with zero attached hydrogens (tertiary/aromatic N) is 3. The highest BCUT2D eigenvalue weighted by molar-refractivity contribution is 8.18. The average Bonchev–Trinajstić information content (AvgIpc) is 3.06. The van der Waals surface area contributed by atoms with E-state index in [0.29, 0.717) is 5.82 Å². The summed E-state index contributed by atoms with van der Waals surface area (Å²) >= 11 is 1.50. The number of hydrogen-bond acceptors (Lipinski definition) is 4. The molecule has 0 bridgehead atoms.